The standard InChI is InChI=1S/C16H20N2O3S/c1-2-21-16(20)14-11-7-5-3-4-6-8-12(11)22-15(14)18-13(19)9-10-17/h2-9H2,1H3,(H,18,19). The van der Waals surface area contributed by atoms with Crippen LogP contribution in [0.25, 0.3) is 0 Å². The zero-order valence-electron chi connectivity index (χ0n) is 12.7. The van der Waals surface area contributed by atoms with Crippen LogP contribution in [0.5, 0.6) is 0 Å². The summed E-state index contributed by atoms with van der Waals surface area (Å²) in [5.41, 5.74) is 1.52. The summed E-state index contributed by atoms with van der Waals surface area (Å²) in [7, 11) is 0. The van der Waals surface area contributed by atoms with Gasteiger partial charge in [0.2, 0.25) is 5.91 Å². The zero-order valence-corrected chi connectivity index (χ0v) is 13.6. The lowest BCUT2D eigenvalue weighted by Gasteiger charge is -2.11. The van der Waals surface area contributed by atoms with Crippen molar-refractivity contribution in [2.24, 2.45) is 0 Å². The molecule has 2 rings (SSSR count). The Bertz CT molecular complexity index is 601. The van der Waals surface area contributed by atoms with Gasteiger partial charge in [0.15, 0.2) is 0 Å². The monoisotopic (exact) mass is 320 g/mol. The fraction of sp³-hybridized carbons (Fsp3) is 0.562. The number of carbonyl (C=O) groups excluding carboxylic acids is 2. The largest absolute Gasteiger partial charge is 0.462 e. The van der Waals surface area contributed by atoms with Crippen molar-refractivity contribution in [2.75, 3.05) is 11.9 Å². The topological polar surface area (TPSA) is 79.2 Å². The number of fused-ring (bicyclic) bond motifs is 1. The third-order valence-corrected chi connectivity index (χ3v) is 4.85. The van der Waals surface area contributed by atoms with E-state index in [9.17, 15) is 9.59 Å². The van der Waals surface area contributed by atoms with E-state index in [0.717, 1.165) is 42.5 Å². The number of thiophene rings is 1. The lowest BCUT2D eigenvalue weighted by molar-refractivity contribution is -0.115. The Hall–Kier alpha value is -1.87. The van der Waals surface area contributed by atoms with Crippen LogP contribution in [-0.2, 0) is 22.4 Å². The van der Waals surface area contributed by atoms with E-state index in [1.165, 1.54) is 17.8 Å². The normalized spacial score (nSPS) is 14.2. The molecule has 0 saturated heterocycles. The molecule has 6 heteroatoms. The Morgan fingerprint density at radius 3 is 2.68 bits per heavy atom. The van der Waals surface area contributed by atoms with Crippen LogP contribution in [0.4, 0.5) is 5.00 Å². The number of hydrogen-bond acceptors (Lipinski definition) is 5. The summed E-state index contributed by atoms with van der Waals surface area (Å²) in [5, 5.41) is 11.9. The minimum Gasteiger partial charge on any atom is -0.462 e. The van der Waals surface area contributed by atoms with Crippen LogP contribution in [0.3, 0.4) is 0 Å². The molecule has 1 aliphatic carbocycles. The summed E-state index contributed by atoms with van der Waals surface area (Å²) in [5.74, 6) is -0.768. The first kappa shape index (κ1) is 16.5. The summed E-state index contributed by atoms with van der Waals surface area (Å²) < 4.78 is 5.16. The molecule has 1 aromatic rings. The maximum Gasteiger partial charge on any atom is 0.341 e. The highest BCUT2D eigenvalue weighted by Gasteiger charge is 2.26. The molecule has 1 amide bonds. The average Bonchev–Trinajstić information content (AvgIpc) is 2.76. The number of rotatable bonds is 4. The number of amides is 1. The fourth-order valence-corrected chi connectivity index (χ4v) is 3.96. The molecule has 1 heterocycles. The molecule has 5 nitrogen and oxygen atoms in total. The molecule has 1 N–H and O–H groups in total. The van der Waals surface area contributed by atoms with Gasteiger partial charge in [-0.25, -0.2) is 4.79 Å². The summed E-state index contributed by atoms with van der Waals surface area (Å²) in [6, 6.07) is 1.82. The summed E-state index contributed by atoms with van der Waals surface area (Å²) in [6.07, 6.45) is 6.05. The first-order valence-corrected chi connectivity index (χ1v) is 8.47. The van der Waals surface area contributed by atoms with Gasteiger partial charge in [-0.1, -0.05) is 12.8 Å². The van der Waals surface area contributed by atoms with E-state index < -0.39 is 0 Å². The molecule has 0 spiro atoms. The van der Waals surface area contributed by atoms with E-state index in [-0.39, 0.29) is 18.3 Å². The lowest BCUT2D eigenvalue weighted by Crippen LogP contribution is -2.14. The number of nitriles is 1. The molecule has 0 aromatic carbocycles. The van der Waals surface area contributed by atoms with Gasteiger partial charge in [-0.05, 0) is 38.2 Å². The minimum absolute atomic E-state index is 0.217. The highest BCUT2D eigenvalue weighted by atomic mass is 32.1. The number of aryl methyl sites for hydroxylation is 1. The first-order valence-electron chi connectivity index (χ1n) is 7.65. The second kappa shape index (κ2) is 7.95. The van der Waals surface area contributed by atoms with Crippen molar-refractivity contribution in [3.05, 3.63) is 16.0 Å². The van der Waals surface area contributed by atoms with E-state index in [1.807, 2.05) is 6.07 Å². The van der Waals surface area contributed by atoms with Crippen LogP contribution in [0.15, 0.2) is 0 Å². The Kier molecular flexibility index (Phi) is 5.96. The van der Waals surface area contributed by atoms with Crippen LogP contribution in [0.1, 0.15) is 59.8 Å². The number of ether oxygens (including phenoxy) is 1. The average molecular weight is 320 g/mol. The van der Waals surface area contributed by atoms with Crippen LogP contribution < -0.4 is 5.32 Å². The second-order valence-electron chi connectivity index (χ2n) is 5.23. The molecular formula is C16H20N2O3S. The van der Waals surface area contributed by atoms with E-state index >= 15 is 0 Å². The van der Waals surface area contributed by atoms with Crippen LogP contribution in [0.2, 0.25) is 0 Å². The maximum absolute atomic E-state index is 12.3. The first-order chi connectivity index (χ1) is 10.7. The zero-order chi connectivity index (χ0) is 15.9. The Balaban J connectivity index is 2.37. The minimum atomic E-state index is -0.387. The molecule has 0 aliphatic heterocycles. The highest BCUT2D eigenvalue weighted by Crippen LogP contribution is 2.37. The number of anilines is 1. The molecule has 0 bridgehead atoms. The predicted molar refractivity (Wildman–Crippen MR) is 85.0 cm³/mol. The van der Waals surface area contributed by atoms with Gasteiger partial charge in [0, 0.05) is 4.88 Å². The van der Waals surface area contributed by atoms with E-state index in [0.29, 0.717) is 17.2 Å². The van der Waals surface area contributed by atoms with Crippen molar-refractivity contribution >= 4 is 28.2 Å². The summed E-state index contributed by atoms with van der Waals surface area (Å²) in [6.45, 7) is 2.07. The van der Waals surface area contributed by atoms with Crippen molar-refractivity contribution < 1.29 is 14.3 Å². The van der Waals surface area contributed by atoms with Crippen molar-refractivity contribution in [3.63, 3.8) is 0 Å². The fourth-order valence-electron chi connectivity index (χ4n) is 2.67. The van der Waals surface area contributed by atoms with Crippen LogP contribution in [0, 0.1) is 11.3 Å². The van der Waals surface area contributed by atoms with Crippen LogP contribution >= 0.6 is 11.3 Å². The smallest absolute Gasteiger partial charge is 0.341 e. The van der Waals surface area contributed by atoms with Gasteiger partial charge in [0.25, 0.3) is 0 Å². The van der Waals surface area contributed by atoms with Gasteiger partial charge >= 0.3 is 5.97 Å². The van der Waals surface area contributed by atoms with Gasteiger partial charge in [-0.3, -0.25) is 4.79 Å². The number of carbonyl (C=O) groups is 2. The summed E-state index contributed by atoms with van der Waals surface area (Å²) >= 11 is 1.45. The number of esters is 1. The molecule has 0 unspecified atom stereocenters. The molecule has 0 atom stereocenters. The maximum atomic E-state index is 12.3. The Morgan fingerprint density at radius 2 is 2.00 bits per heavy atom. The summed E-state index contributed by atoms with van der Waals surface area (Å²) in [4.78, 5) is 25.2. The highest BCUT2D eigenvalue weighted by molar-refractivity contribution is 7.17. The second-order valence-corrected chi connectivity index (χ2v) is 6.33. The third kappa shape index (κ3) is 3.86. The Morgan fingerprint density at radius 1 is 1.27 bits per heavy atom. The van der Waals surface area contributed by atoms with Gasteiger partial charge in [-0.15, -0.1) is 11.3 Å². The lowest BCUT2D eigenvalue weighted by atomic mass is 9.96. The van der Waals surface area contributed by atoms with Gasteiger partial charge < -0.3 is 10.1 Å². The van der Waals surface area contributed by atoms with E-state index in [1.54, 1.807) is 6.92 Å². The van der Waals surface area contributed by atoms with Crippen molar-refractivity contribution in [3.8, 4) is 6.07 Å². The van der Waals surface area contributed by atoms with Gasteiger partial charge in [-0.2, -0.15) is 5.26 Å². The van der Waals surface area contributed by atoms with E-state index in [2.05, 4.69) is 5.32 Å². The van der Waals surface area contributed by atoms with E-state index in [4.69, 9.17) is 10.00 Å². The van der Waals surface area contributed by atoms with Gasteiger partial charge in [0.1, 0.15) is 11.4 Å². The number of hydrogen-bond donors (Lipinski definition) is 1. The molecule has 1 aromatic heterocycles. The SMILES string of the molecule is CCOC(=O)c1c(NC(=O)CC#N)sc2c1CCCCCC2. The molecular weight excluding hydrogens is 300 g/mol. The molecule has 22 heavy (non-hydrogen) atoms. The molecule has 1 aliphatic rings. The van der Waals surface area contributed by atoms with Gasteiger partial charge in [0.05, 0.1) is 18.2 Å². The predicted octanol–water partition coefficient (Wildman–Crippen LogP) is 3.44. The molecule has 118 valence electrons. The third-order valence-electron chi connectivity index (χ3n) is 3.64. The van der Waals surface area contributed by atoms with Crippen molar-refractivity contribution in [1.29, 1.82) is 5.26 Å². The quantitative estimate of drug-likeness (QED) is 0.862. The molecule has 0 fully saturated rings. The van der Waals surface area contributed by atoms with Crippen molar-refractivity contribution in [1.82, 2.24) is 0 Å². The van der Waals surface area contributed by atoms with Crippen LogP contribution in [-0.4, -0.2) is 18.5 Å². The number of nitrogens with one attached hydrogen (secondary N) is 1. The molecule has 0 saturated carbocycles. The molecule has 0 radical (unpaired) electrons. The Labute approximate surface area is 134 Å². The number of nitrogens with zero attached hydrogens (tertiary/aromatic N) is 1. The van der Waals surface area contributed by atoms with Crippen molar-refractivity contribution in [2.45, 2.75) is 51.9 Å².